The molecule has 3 atom stereocenters. The van der Waals surface area contributed by atoms with E-state index in [2.05, 4.69) is 50.6 Å². The molecule has 1 aromatic carbocycles. The van der Waals surface area contributed by atoms with E-state index in [9.17, 15) is 0 Å². The highest BCUT2D eigenvalue weighted by molar-refractivity contribution is 5.77. The fourth-order valence-corrected chi connectivity index (χ4v) is 6.33. The normalized spacial score (nSPS) is 34.4. The van der Waals surface area contributed by atoms with Crippen LogP contribution in [0.2, 0.25) is 0 Å². The first-order valence-electron chi connectivity index (χ1n) is 11.1. The van der Waals surface area contributed by atoms with Crippen LogP contribution in [0.5, 0.6) is 0 Å². The number of hydrogen-bond donors (Lipinski definition) is 0. The summed E-state index contributed by atoms with van der Waals surface area (Å²) in [6.45, 7) is 9.52. The van der Waals surface area contributed by atoms with E-state index in [-0.39, 0.29) is 5.66 Å². The fraction of sp³-hybridized carbons (Fsp3) is 0.682. The second kappa shape index (κ2) is 7.03. The fourth-order valence-electron chi connectivity index (χ4n) is 6.33. The third kappa shape index (κ3) is 2.65. The number of morpholine rings is 2. The highest BCUT2D eigenvalue weighted by Crippen LogP contribution is 2.54. The predicted molar refractivity (Wildman–Crippen MR) is 111 cm³/mol. The number of piperidine rings is 1. The molecule has 0 amide bonds. The Bertz CT molecular complexity index is 888. The molecule has 7 nitrogen and oxygen atoms in total. The van der Waals surface area contributed by atoms with E-state index in [0.29, 0.717) is 12.0 Å². The molecule has 3 saturated heterocycles. The lowest BCUT2D eigenvalue weighted by Gasteiger charge is -2.53. The van der Waals surface area contributed by atoms with Crippen LogP contribution >= 0.6 is 0 Å². The summed E-state index contributed by atoms with van der Waals surface area (Å²) in [5.74, 6) is 1.77. The highest BCUT2D eigenvalue weighted by atomic mass is 16.5. The summed E-state index contributed by atoms with van der Waals surface area (Å²) < 4.78 is 14.1. The molecule has 3 unspecified atom stereocenters. The van der Waals surface area contributed by atoms with E-state index in [1.54, 1.807) is 0 Å². The van der Waals surface area contributed by atoms with Gasteiger partial charge in [0.05, 0.1) is 43.5 Å². The average molecular weight is 398 g/mol. The quantitative estimate of drug-likeness (QED) is 0.763. The maximum Gasteiger partial charge on any atom is 0.129 e. The van der Waals surface area contributed by atoms with E-state index in [4.69, 9.17) is 14.5 Å². The van der Waals surface area contributed by atoms with Gasteiger partial charge >= 0.3 is 0 Å². The van der Waals surface area contributed by atoms with E-state index in [1.165, 1.54) is 11.3 Å². The molecular formula is C22H31N5O2. The largest absolute Gasteiger partial charge is 0.379 e. The summed E-state index contributed by atoms with van der Waals surface area (Å²) in [5.41, 5.74) is 2.41. The Labute approximate surface area is 172 Å². The second-order valence-corrected chi connectivity index (χ2v) is 8.98. The molecule has 0 bridgehead atoms. The van der Waals surface area contributed by atoms with E-state index in [1.807, 2.05) is 0 Å². The van der Waals surface area contributed by atoms with Crippen LogP contribution in [0.15, 0.2) is 24.3 Å². The lowest BCUT2D eigenvalue weighted by molar-refractivity contribution is -0.122. The van der Waals surface area contributed by atoms with Gasteiger partial charge in [-0.05, 0) is 25.6 Å². The number of nitrogens with zero attached hydrogens (tertiary/aromatic N) is 5. The first kappa shape index (κ1) is 18.3. The molecule has 1 aromatic heterocycles. The SMILES string of the molecule is CN1CCC2(N3CCOCC3)C(C1)C(N1CCOCC1)c1nc3ccccc3n12. The molecule has 0 radical (unpaired) electrons. The first-order chi connectivity index (χ1) is 14.3. The van der Waals surface area contributed by atoms with Gasteiger partial charge in [0.25, 0.3) is 0 Å². The molecule has 0 N–H and O–H groups in total. The van der Waals surface area contributed by atoms with Crippen molar-refractivity contribution in [1.82, 2.24) is 24.3 Å². The number of hydrogen-bond acceptors (Lipinski definition) is 6. The average Bonchev–Trinajstić information content (AvgIpc) is 3.28. The molecule has 0 saturated carbocycles. The minimum atomic E-state index is -0.00923. The van der Waals surface area contributed by atoms with Crippen molar-refractivity contribution < 1.29 is 9.47 Å². The maximum atomic E-state index is 5.75. The standard InChI is InChI=1S/C22H31N5O2/c1-24-7-6-22(26-10-14-29-15-11-26)17(16-24)20(25-8-12-28-13-9-25)21-23-18-4-2-3-5-19(18)27(21)22/h2-5,17,20H,6-16H2,1H3. The van der Waals surface area contributed by atoms with Crippen molar-refractivity contribution in [3.05, 3.63) is 30.1 Å². The molecule has 6 rings (SSSR count). The minimum Gasteiger partial charge on any atom is -0.379 e. The van der Waals surface area contributed by atoms with Gasteiger partial charge in [0.1, 0.15) is 11.5 Å². The number of para-hydroxylation sites is 2. The number of ether oxygens (including phenoxy) is 2. The molecule has 2 aromatic rings. The smallest absolute Gasteiger partial charge is 0.129 e. The summed E-state index contributed by atoms with van der Waals surface area (Å²) in [7, 11) is 2.28. The number of aromatic nitrogens is 2. The van der Waals surface area contributed by atoms with Gasteiger partial charge in [-0.3, -0.25) is 9.80 Å². The third-order valence-electron chi connectivity index (χ3n) is 7.58. The summed E-state index contributed by atoms with van der Waals surface area (Å²) in [6.07, 6.45) is 1.14. The van der Waals surface area contributed by atoms with Crippen molar-refractivity contribution in [3.63, 3.8) is 0 Å². The Morgan fingerprint density at radius 2 is 1.69 bits per heavy atom. The van der Waals surface area contributed by atoms with Crippen LogP contribution in [0.1, 0.15) is 18.3 Å². The highest BCUT2D eigenvalue weighted by Gasteiger charge is 2.60. The molecular weight excluding hydrogens is 366 g/mol. The van der Waals surface area contributed by atoms with E-state index < -0.39 is 0 Å². The predicted octanol–water partition coefficient (Wildman–Crippen LogP) is 1.36. The zero-order valence-electron chi connectivity index (χ0n) is 17.3. The lowest BCUT2D eigenvalue weighted by Crippen LogP contribution is -2.63. The van der Waals surface area contributed by atoms with Crippen LogP contribution < -0.4 is 0 Å². The Balaban J connectivity index is 1.56. The Morgan fingerprint density at radius 1 is 0.966 bits per heavy atom. The summed E-state index contributed by atoms with van der Waals surface area (Å²) in [6, 6.07) is 9.06. The summed E-state index contributed by atoms with van der Waals surface area (Å²) in [4.78, 5) is 13.1. The first-order valence-corrected chi connectivity index (χ1v) is 11.1. The van der Waals surface area contributed by atoms with Crippen LogP contribution in [0, 0.1) is 5.92 Å². The minimum absolute atomic E-state index is 0.00923. The Morgan fingerprint density at radius 3 is 2.48 bits per heavy atom. The van der Waals surface area contributed by atoms with Crippen molar-refractivity contribution in [2.24, 2.45) is 5.92 Å². The van der Waals surface area contributed by atoms with Gasteiger partial charge in [-0.15, -0.1) is 0 Å². The number of fused-ring (bicyclic) bond motifs is 5. The van der Waals surface area contributed by atoms with Crippen molar-refractivity contribution >= 4 is 11.0 Å². The number of likely N-dealkylation sites (tertiary alicyclic amines) is 1. The molecule has 3 fully saturated rings. The molecule has 7 heteroatoms. The van der Waals surface area contributed by atoms with Crippen molar-refractivity contribution in [1.29, 1.82) is 0 Å². The summed E-state index contributed by atoms with van der Waals surface area (Å²) in [5, 5.41) is 0. The van der Waals surface area contributed by atoms with Gasteiger partial charge in [-0.1, -0.05) is 12.1 Å². The topological polar surface area (TPSA) is 46.0 Å². The molecule has 4 aliphatic heterocycles. The molecule has 156 valence electrons. The molecule has 0 aliphatic carbocycles. The molecule has 4 aliphatic rings. The third-order valence-corrected chi connectivity index (χ3v) is 7.58. The van der Waals surface area contributed by atoms with Crippen LogP contribution in [-0.2, 0) is 15.1 Å². The number of rotatable bonds is 2. The monoisotopic (exact) mass is 397 g/mol. The zero-order chi connectivity index (χ0) is 19.4. The lowest BCUT2D eigenvalue weighted by atomic mass is 9.80. The van der Waals surface area contributed by atoms with Gasteiger partial charge < -0.3 is 18.9 Å². The zero-order valence-corrected chi connectivity index (χ0v) is 17.3. The summed E-state index contributed by atoms with van der Waals surface area (Å²) >= 11 is 0. The van der Waals surface area contributed by atoms with Gasteiger partial charge in [0.2, 0.25) is 0 Å². The Kier molecular flexibility index (Phi) is 4.43. The van der Waals surface area contributed by atoms with Crippen LogP contribution in [0.25, 0.3) is 11.0 Å². The molecule has 29 heavy (non-hydrogen) atoms. The van der Waals surface area contributed by atoms with Crippen LogP contribution in [0.3, 0.4) is 0 Å². The van der Waals surface area contributed by atoms with E-state index >= 15 is 0 Å². The van der Waals surface area contributed by atoms with Gasteiger partial charge in [-0.25, -0.2) is 4.98 Å². The maximum absolute atomic E-state index is 5.75. The second-order valence-electron chi connectivity index (χ2n) is 8.98. The van der Waals surface area contributed by atoms with Crippen molar-refractivity contribution in [2.75, 3.05) is 72.7 Å². The van der Waals surface area contributed by atoms with E-state index in [0.717, 1.165) is 77.6 Å². The molecule has 5 heterocycles. The van der Waals surface area contributed by atoms with Gasteiger partial charge in [0, 0.05) is 45.2 Å². The van der Waals surface area contributed by atoms with Crippen molar-refractivity contribution in [3.8, 4) is 0 Å². The van der Waals surface area contributed by atoms with Gasteiger partial charge in [-0.2, -0.15) is 0 Å². The molecule has 0 spiro atoms. The number of benzene rings is 1. The van der Waals surface area contributed by atoms with Gasteiger partial charge in [0.15, 0.2) is 0 Å². The van der Waals surface area contributed by atoms with Crippen LogP contribution in [-0.4, -0.2) is 97.0 Å². The van der Waals surface area contributed by atoms with Crippen LogP contribution in [0.4, 0.5) is 0 Å². The Hall–Kier alpha value is -1.51. The van der Waals surface area contributed by atoms with Crippen molar-refractivity contribution in [2.45, 2.75) is 18.1 Å². The number of imidazole rings is 1.